The summed E-state index contributed by atoms with van der Waals surface area (Å²) in [6.45, 7) is 0. The summed E-state index contributed by atoms with van der Waals surface area (Å²) in [5.41, 5.74) is 2.96. The smallest absolute Gasteiger partial charge is 0.0991 e. The van der Waals surface area contributed by atoms with E-state index in [-0.39, 0.29) is 0 Å². The Bertz CT molecular complexity index is 1040. The number of fused-ring (bicyclic) bond motifs is 3. The molecule has 0 amide bonds. The maximum absolute atomic E-state index is 8.89. The van der Waals surface area contributed by atoms with Crippen LogP contribution in [0.15, 0.2) is 60.7 Å². The molecule has 0 aliphatic carbocycles. The van der Waals surface area contributed by atoms with Gasteiger partial charge < -0.3 is 0 Å². The predicted molar refractivity (Wildman–Crippen MR) is 94.5 cm³/mol. The molecule has 0 N–H and O–H groups in total. The van der Waals surface area contributed by atoms with Gasteiger partial charge in [0, 0.05) is 25.2 Å². The molecule has 3 aromatic carbocycles. The average Bonchev–Trinajstić information content (AvgIpc) is 2.91. The molecule has 0 aliphatic heterocycles. The molecule has 1 aromatic heterocycles. The highest BCUT2D eigenvalue weighted by Gasteiger charge is 2.07. The maximum atomic E-state index is 8.89. The van der Waals surface area contributed by atoms with E-state index in [9.17, 15) is 0 Å². The highest BCUT2D eigenvalue weighted by Crippen LogP contribution is 2.37. The van der Waals surface area contributed by atoms with Crippen molar-refractivity contribution in [2.75, 3.05) is 0 Å². The second-order valence-corrected chi connectivity index (χ2v) is 6.66. The van der Waals surface area contributed by atoms with Gasteiger partial charge in [0.2, 0.25) is 0 Å². The number of benzene rings is 3. The van der Waals surface area contributed by atoms with E-state index in [2.05, 4.69) is 30.3 Å². The van der Waals surface area contributed by atoms with E-state index >= 15 is 0 Å². The number of hydrogen-bond donors (Lipinski definition) is 0. The summed E-state index contributed by atoms with van der Waals surface area (Å²) in [6.07, 6.45) is 0. The molecule has 1 heterocycles. The topological polar surface area (TPSA) is 23.8 Å². The van der Waals surface area contributed by atoms with Gasteiger partial charge in [-0.05, 0) is 47.5 Å². The average molecular weight is 320 g/mol. The molecule has 1 nitrogen and oxygen atoms in total. The zero-order chi connectivity index (χ0) is 15.1. The molecule has 104 valence electrons. The first kappa shape index (κ1) is 13.3. The van der Waals surface area contributed by atoms with Crippen molar-refractivity contribution in [2.45, 2.75) is 0 Å². The fourth-order valence-corrected chi connectivity index (χ4v) is 4.03. The molecule has 3 heteroatoms. The highest BCUT2D eigenvalue weighted by molar-refractivity contribution is 7.25. The Labute approximate surface area is 137 Å². The molecule has 0 atom stereocenters. The fourth-order valence-electron chi connectivity index (χ4n) is 2.67. The first-order valence-electron chi connectivity index (χ1n) is 6.87. The molecule has 0 spiro atoms. The third-order valence-corrected chi connectivity index (χ3v) is 5.15. The maximum Gasteiger partial charge on any atom is 0.0991 e. The minimum Gasteiger partial charge on any atom is -0.192 e. The molecule has 0 bridgehead atoms. The summed E-state index contributed by atoms with van der Waals surface area (Å²) in [7, 11) is 0. The van der Waals surface area contributed by atoms with Crippen molar-refractivity contribution in [2.24, 2.45) is 0 Å². The van der Waals surface area contributed by atoms with Gasteiger partial charge >= 0.3 is 0 Å². The number of rotatable bonds is 1. The minimum atomic E-state index is 0.681. The van der Waals surface area contributed by atoms with E-state index in [1.54, 1.807) is 11.3 Å². The van der Waals surface area contributed by atoms with Crippen LogP contribution in [0, 0.1) is 11.3 Å². The Balaban J connectivity index is 1.92. The third-order valence-electron chi connectivity index (χ3n) is 3.78. The van der Waals surface area contributed by atoms with Crippen LogP contribution >= 0.6 is 22.9 Å². The SMILES string of the molecule is N#Cc1ccc(-c2ccc3sc4cc(Cl)ccc4c3c2)cc1. The first-order valence-corrected chi connectivity index (χ1v) is 8.06. The zero-order valence-corrected chi connectivity index (χ0v) is 13.1. The van der Waals surface area contributed by atoms with E-state index in [1.807, 2.05) is 36.4 Å². The van der Waals surface area contributed by atoms with Crippen molar-refractivity contribution in [3.63, 3.8) is 0 Å². The van der Waals surface area contributed by atoms with E-state index in [0.717, 1.165) is 16.1 Å². The summed E-state index contributed by atoms with van der Waals surface area (Å²) in [6, 6.07) is 22.4. The number of nitriles is 1. The summed E-state index contributed by atoms with van der Waals surface area (Å²) >= 11 is 7.84. The summed E-state index contributed by atoms with van der Waals surface area (Å²) in [5, 5.41) is 12.1. The minimum absolute atomic E-state index is 0.681. The van der Waals surface area contributed by atoms with Crippen molar-refractivity contribution in [1.82, 2.24) is 0 Å². The van der Waals surface area contributed by atoms with Crippen LogP contribution in [0.25, 0.3) is 31.3 Å². The zero-order valence-electron chi connectivity index (χ0n) is 11.5. The Morgan fingerprint density at radius 2 is 1.55 bits per heavy atom. The van der Waals surface area contributed by atoms with Crippen LogP contribution in [-0.2, 0) is 0 Å². The lowest BCUT2D eigenvalue weighted by atomic mass is 10.0. The number of hydrogen-bond acceptors (Lipinski definition) is 2. The van der Waals surface area contributed by atoms with Gasteiger partial charge in [0.05, 0.1) is 11.6 Å². The second kappa shape index (κ2) is 5.14. The van der Waals surface area contributed by atoms with Crippen LogP contribution in [-0.4, -0.2) is 0 Å². The van der Waals surface area contributed by atoms with Crippen LogP contribution in [0.4, 0.5) is 0 Å². The van der Waals surface area contributed by atoms with Gasteiger partial charge in [-0.2, -0.15) is 5.26 Å². The molecule has 0 aliphatic rings. The Morgan fingerprint density at radius 3 is 2.32 bits per heavy atom. The van der Waals surface area contributed by atoms with E-state index in [0.29, 0.717) is 5.56 Å². The molecule has 4 rings (SSSR count). The monoisotopic (exact) mass is 319 g/mol. The number of thiophene rings is 1. The summed E-state index contributed by atoms with van der Waals surface area (Å²) < 4.78 is 2.47. The van der Waals surface area contributed by atoms with Crippen LogP contribution in [0.2, 0.25) is 5.02 Å². The normalized spacial score (nSPS) is 10.9. The predicted octanol–water partition coefficient (Wildman–Crippen LogP) is 6.25. The molecule has 0 fully saturated rings. The number of halogens is 1. The van der Waals surface area contributed by atoms with Gasteiger partial charge in [0.15, 0.2) is 0 Å². The molecule has 0 saturated heterocycles. The largest absolute Gasteiger partial charge is 0.192 e. The lowest BCUT2D eigenvalue weighted by Gasteiger charge is -2.02. The lowest BCUT2D eigenvalue weighted by molar-refractivity contribution is 1.48. The van der Waals surface area contributed by atoms with Gasteiger partial charge in [-0.1, -0.05) is 35.9 Å². The van der Waals surface area contributed by atoms with Gasteiger partial charge in [-0.3, -0.25) is 0 Å². The third kappa shape index (κ3) is 2.16. The van der Waals surface area contributed by atoms with Gasteiger partial charge in [0.25, 0.3) is 0 Å². The highest BCUT2D eigenvalue weighted by atomic mass is 35.5. The Morgan fingerprint density at radius 1 is 0.773 bits per heavy atom. The molecule has 0 radical (unpaired) electrons. The molecule has 22 heavy (non-hydrogen) atoms. The second-order valence-electron chi connectivity index (χ2n) is 5.14. The number of nitrogens with zero attached hydrogens (tertiary/aromatic N) is 1. The van der Waals surface area contributed by atoms with Crippen LogP contribution in [0.3, 0.4) is 0 Å². The van der Waals surface area contributed by atoms with Crippen LogP contribution < -0.4 is 0 Å². The molecule has 4 aromatic rings. The quantitative estimate of drug-likeness (QED) is 0.407. The van der Waals surface area contributed by atoms with Gasteiger partial charge in [-0.25, -0.2) is 0 Å². The summed E-state index contributed by atoms with van der Waals surface area (Å²) in [4.78, 5) is 0. The van der Waals surface area contributed by atoms with Gasteiger partial charge in [0.1, 0.15) is 0 Å². The van der Waals surface area contributed by atoms with E-state index in [1.165, 1.54) is 20.2 Å². The van der Waals surface area contributed by atoms with Gasteiger partial charge in [-0.15, -0.1) is 11.3 Å². The van der Waals surface area contributed by atoms with Crippen molar-refractivity contribution < 1.29 is 0 Å². The van der Waals surface area contributed by atoms with Crippen LogP contribution in [0.1, 0.15) is 5.56 Å². The standard InChI is InChI=1S/C19H10ClNS/c20-15-6-7-16-17-9-14(5-8-18(17)22-19(16)10-15)13-3-1-12(11-21)2-4-13/h1-10H. The molecular weight excluding hydrogens is 310 g/mol. The van der Waals surface area contributed by atoms with E-state index in [4.69, 9.17) is 16.9 Å². The Hall–Kier alpha value is -2.34. The molecule has 0 unspecified atom stereocenters. The van der Waals surface area contributed by atoms with Crippen molar-refractivity contribution in [1.29, 1.82) is 5.26 Å². The van der Waals surface area contributed by atoms with Crippen molar-refractivity contribution in [3.05, 3.63) is 71.2 Å². The van der Waals surface area contributed by atoms with Crippen molar-refractivity contribution in [3.8, 4) is 17.2 Å². The Kier molecular flexibility index (Phi) is 3.11. The summed E-state index contributed by atoms with van der Waals surface area (Å²) in [5.74, 6) is 0. The fraction of sp³-hybridized carbons (Fsp3) is 0. The van der Waals surface area contributed by atoms with E-state index < -0.39 is 0 Å². The van der Waals surface area contributed by atoms with Crippen molar-refractivity contribution >= 4 is 43.1 Å². The van der Waals surface area contributed by atoms with Crippen LogP contribution in [0.5, 0.6) is 0 Å². The molecular formula is C19H10ClNS. The lowest BCUT2D eigenvalue weighted by Crippen LogP contribution is -1.79. The first-order chi connectivity index (χ1) is 10.7. The molecule has 0 saturated carbocycles.